The average Bonchev–Trinajstić information content (AvgIpc) is 3.17. The van der Waals surface area contributed by atoms with E-state index in [-0.39, 0.29) is 29.7 Å². The quantitative estimate of drug-likeness (QED) is 0.470. The van der Waals surface area contributed by atoms with Crippen LogP contribution in [0, 0.1) is 0 Å². The molecule has 3 N–H and O–H groups in total. The predicted octanol–water partition coefficient (Wildman–Crippen LogP) is 1.63. The van der Waals surface area contributed by atoms with Crippen molar-refractivity contribution in [3.8, 4) is 5.75 Å². The van der Waals surface area contributed by atoms with Crippen molar-refractivity contribution in [3.05, 3.63) is 54.1 Å². The SMILES string of the molecule is COCCNC(=O)C[C@H]1C[C@H]2c3cc(NS(=O)(=O)c4ccccc4)ccc3O[C@H]2[C@@H](CO)O1. The highest BCUT2D eigenvalue weighted by Crippen LogP contribution is 2.47. The Morgan fingerprint density at radius 2 is 2.00 bits per heavy atom. The summed E-state index contributed by atoms with van der Waals surface area (Å²) in [6, 6.07) is 13.3. The van der Waals surface area contributed by atoms with E-state index < -0.39 is 28.3 Å². The Morgan fingerprint density at radius 3 is 2.73 bits per heavy atom. The number of benzene rings is 2. The molecular weight excluding hydrogens is 448 g/mol. The summed E-state index contributed by atoms with van der Waals surface area (Å²) in [5.74, 6) is 0.333. The molecule has 0 unspecified atom stereocenters. The van der Waals surface area contributed by atoms with Gasteiger partial charge in [0.1, 0.15) is 18.0 Å². The summed E-state index contributed by atoms with van der Waals surface area (Å²) >= 11 is 0. The number of nitrogens with one attached hydrogen (secondary N) is 2. The minimum absolute atomic E-state index is 0.135. The first-order valence-corrected chi connectivity index (χ1v) is 12.3. The third-order valence-electron chi connectivity index (χ3n) is 5.85. The van der Waals surface area contributed by atoms with E-state index in [2.05, 4.69) is 10.0 Å². The topological polar surface area (TPSA) is 123 Å². The van der Waals surface area contributed by atoms with Crippen LogP contribution in [0.4, 0.5) is 5.69 Å². The molecule has 2 aromatic carbocycles. The Morgan fingerprint density at radius 1 is 1.21 bits per heavy atom. The Labute approximate surface area is 193 Å². The van der Waals surface area contributed by atoms with Crippen LogP contribution in [-0.4, -0.2) is 64.6 Å². The summed E-state index contributed by atoms with van der Waals surface area (Å²) in [4.78, 5) is 12.4. The van der Waals surface area contributed by atoms with Gasteiger partial charge in [-0.2, -0.15) is 0 Å². The van der Waals surface area contributed by atoms with Gasteiger partial charge >= 0.3 is 0 Å². The van der Waals surface area contributed by atoms with Crippen molar-refractivity contribution in [3.63, 3.8) is 0 Å². The first kappa shape index (κ1) is 23.5. The van der Waals surface area contributed by atoms with Gasteiger partial charge in [-0.25, -0.2) is 8.42 Å². The Bertz CT molecular complexity index is 1080. The third kappa shape index (κ3) is 5.30. The first-order chi connectivity index (χ1) is 15.9. The number of rotatable bonds is 9. The second kappa shape index (κ2) is 10.1. The maximum absolute atomic E-state index is 12.7. The molecule has 4 rings (SSSR count). The number of hydrogen-bond acceptors (Lipinski definition) is 7. The maximum Gasteiger partial charge on any atom is 0.261 e. The number of aliphatic hydroxyl groups is 1. The molecule has 0 spiro atoms. The van der Waals surface area contributed by atoms with Gasteiger partial charge in [0.05, 0.1) is 30.6 Å². The van der Waals surface area contributed by atoms with E-state index in [1.807, 2.05) is 0 Å². The highest BCUT2D eigenvalue weighted by atomic mass is 32.2. The lowest BCUT2D eigenvalue weighted by Gasteiger charge is -2.37. The van der Waals surface area contributed by atoms with Crippen LogP contribution in [0.25, 0.3) is 0 Å². The first-order valence-electron chi connectivity index (χ1n) is 10.8. The van der Waals surface area contributed by atoms with Gasteiger partial charge < -0.3 is 24.6 Å². The van der Waals surface area contributed by atoms with Crippen molar-refractivity contribution < 1.29 is 32.5 Å². The number of carbonyl (C=O) groups excluding carboxylic acids is 1. The predicted molar refractivity (Wildman–Crippen MR) is 121 cm³/mol. The lowest BCUT2D eigenvalue weighted by atomic mass is 9.84. The molecule has 2 aromatic rings. The van der Waals surface area contributed by atoms with Gasteiger partial charge in [0.15, 0.2) is 0 Å². The molecule has 0 bridgehead atoms. The van der Waals surface area contributed by atoms with Gasteiger partial charge in [-0.15, -0.1) is 0 Å². The van der Waals surface area contributed by atoms with Gasteiger partial charge in [0.25, 0.3) is 10.0 Å². The number of methoxy groups -OCH3 is 1. The number of hydrogen-bond donors (Lipinski definition) is 3. The standard InChI is InChI=1S/C23H28N2O7S/c1-30-10-9-24-22(27)13-16-12-19-18-11-15(25-33(28,29)17-5-3-2-4-6-17)7-8-20(18)32-23(19)21(14-26)31-16/h2-8,11,16,19,21,23,25-26H,9-10,12-14H2,1H3,(H,24,27)/t16-,19+,21-,23-/m1/s1. The molecule has 33 heavy (non-hydrogen) atoms. The molecule has 0 radical (unpaired) electrons. The van der Waals surface area contributed by atoms with E-state index in [0.29, 0.717) is 31.0 Å². The number of sulfonamides is 1. The molecule has 1 fully saturated rings. The Kier molecular flexibility index (Phi) is 7.18. The van der Waals surface area contributed by atoms with Gasteiger partial charge in [-0.05, 0) is 36.8 Å². The van der Waals surface area contributed by atoms with Crippen molar-refractivity contribution in [2.75, 3.05) is 31.6 Å². The van der Waals surface area contributed by atoms with Gasteiger partial charge in [0, 0.05) is 30.8 Å². The minimum atomic E-state index is -3.73. The van der Waals surface area contributed by atoms with E-state index in [1.165, 1.54) is 12.1 Å². The summed E-state index contributed by atoms with van der Waals surface area (Å²) in [5, 5.41) is 12.6. The van der Waals surface area contributed by atoms with Crippen LogP contribution in [0.5, 0.6) is 5.75 Å². The van der Waals surface area contributed by atoms with E-state index >= 15 is 0 Å². The molecule has 2 aliphatic heterocycles. The summed E-state index contributed by atoms with van der Waals surface area (Å²) in [5.41, 5.74) is 1.25. The van der Waals surface area contributed by atoms with Crippen molar-refractivity contribution in [1.82, 2.24) is 5.32 Å². The number of carbonyl (C=O) groups is 1. The number of fused-ring (bicyclic) bond motifs is 3. The molecule has 0 aliphatic carbocycles. The fourth-order valence-corrected chi connectivity index (χ4v) is 5.41. The zero-order valence-corrected chi connectivity index (χ0v) is 19.1. The number of aliphatic hydroxyl groups excluding tert-OH is 1. The van der Waals surface area contributed by atoms with Gasteiger partial charge in [-0.3, -0.25) is 9.52 Å². The molecule has 10 heteroatoms. The Hall–Kier alpha value is -2.66. The molecule has 0 saturated carbocycles. The van der Waals surface area contributed by atoms with Gasteiger partial charge in [0.2, 0.25) is 5.91 Å². The van der Waals surface area contributed by atoms with Crippen LogP contribution >= 0.6 is 0 Å². The van der Waals surface area contributed by atoms with Crippen LogP contribution < -0.4 is 14.8 Å². The van der Waals surface area contributed by atoms with Crippen LogP contribution in [0.2, 0.25) is 0 Å². The maximum atomic E-state index is 12.7. The molecule has 9 nitrogen and oxygen atoms in total. The second-order valence-electron chi connectivity index (χ2n) is 8.12. The van der Waals surface area contributed by atoms with Crippen molar-refractivity contribution >= 4 is 21.6 Å². The number of anilines is 1. The molecule has 178 valence electrons. The van der Waals surface area contributed by atoms with Crippen LogP contribution in [0.15, 0.2) is 53.4 Å². The molecule has 1 saturated heterocycles. The van der Waals surface area contributed by atoms with E-state index in [1.54, 1.807) is 43.5 Å². The van der Waals surface area contributed by atoms with Crippen LogP contribution in [0.3, 0.4) is 0 Å². The zero-order chi connectivity index (χ0) is 23.4. The van der Waals surface area contributed by atoms with E-state index in [4.69, 9.17) is 14.2 Å². The molecular formula is C23H28N2O7S. The number of ether oxygens (including phenoxy) is 3. The largest absolute Gasteiger partial charge is 0.487 e. The van der Waals surface area contributed by atoms with E-state index in [9.17, 15) is 18.3 Å². The average molecular weight is 477 g/mol. The third-order valence-corrected chi connectivity index (χ3v) is 7.24. The second-order valence-corrected chi connectivity index (χ2v) is 9.80. The monoisotopic (exact) mass is 476 g/mol. The zero-order valence-electron chi connectivity index (χ0n) is 18.3. The summed E-state index contributed by atoms with van der Waals surface area (Å²) in [7, 11) is -2.17. The summed E-state index contributed by atoms with van der Waals surface area (Å²) in [6.07, 6.45) is -0.721. The molecule has 0 aromatic heterocycles. The minimum Gasteiger partial charge on any atom is -0.487 e. The highest BCUT2D eigenvalue weighted by molar-refractivity contribution is 7.92. The normalized spacial score (nSPS) is 23.8. The summed E-state index contributed by atoms with van der Waals surface area (Å²) < 4.78 is 45.0. The highest BCUT2D eigenvalue weighted by Gasteiger charge is 2.46. The number of amides is 1. The van der Waals surface area contributed by atoms with Gasteiger partial charge in [-0.1, -0.05) is 18.2 Å². The van der Waals surface area contributed by atoms with Crippen molar-refractivity contribution in [2.45, 2.75) is 42.0 Å². The van der Waals surface area contributed by atoms with Crippen LogP contribution in [-0.2, 0) is 24.3 Å². The molecule has 4 atom stereocenters. The smallest absolute Gasteiger partial charge is 0.261 e. The molecule has 1 amide bonds. The van der Waals surface area contributed by atoms with Crippen molar-refractivity contribution in [2.24, 2.45) is 0 Å². The van der Waals surface area contributed by atoms with Crippen LogP contribution in [0.1, 0.15) is 24.3 Å². The lowest BCUT2D eigenvalue weighted by molar-refractivity contribution is -0.142. The lowest BCUT2D eigenvalue weighted by Crippen LogP contribution is -2.47. The summed E-state index contributed by atoms with van der Waals surface area (Å²) in [6.45, 7) is 0.586. The Balaban J connectivity index is 1.51. The fraction of sp³-hybridized carbons (Fsp3) is 0.435. The molecule has 2 heterocycles. The van der Waals surface area contributed by atoms with E-state index in [0.717, 1.165) is 5.56 Å². The van der Waals surface area contributed by atoms with Crippen molar-refractivity contribution in [1.29, 1.82) is 0 Å². The fourth-order valence-electron chi connectivity index (χ4n) is 4.34. The molecule has 2 aliphatic rings.